The molecule has 0 saturated heterocycles. The van der Waals surface area contributed by atoms with Crippen LogP contribution < -0.4 is 0 Å². The van der Waals surface area contributed by atoms with Gasteiger partial charge in [0.2, 0.25) is 0 Å². The van der Waals surface area contributed by atoms with E-state index in [0.717, 1.165) is 12.8 Å². The minimum atomic E-state index is -2.65. The Morgan fingerprint density at radius 3 is 1.59 bits per heavy atom. The van der Waals surface area contributed by atoms with Gasteiger partial charge in [-0.05, 0) is 71.9 Å². The van der Waals surface area contributed by atoms with E-state index in [1.165, 1.54) is 0 Å². The molecular formula is C20H50O6Si6. The third kappa shape index (κ3) is 8.53. The first-order chi connectivity index (χ1) is 14.0. The Kier molecular flexibility index (Phi) is 11.1. The normalized spacial score (nSPS) is 16.2. The van der Waals surface area contributed by atoms with Gasteiger partial charge in [0.15, 0.2) is 17.4 Å². The maximum absolute atomic E-state index is 12.2. The Bertz CT molecular complexity index is 672. The first-order valence-electron chi connectivity index (χ1n) is 11.7. The van der Waals surface area contributed by atoms with E-state index in [1.54, 1.807) is 0 Å². The average molecular weight is 555 g/mol. The maximum Gasteiger partial charge on any atom is 0.331 e. The van der Waals surface area contributed by atoms with E-state index in [9.17, 15) is 9.90 Å². The second kappa shape index (κ2) is 11.0. The number of hydrogen-bond acceptors (Lipinski definition) is 5. The topological polar surface area (TPSA) is 74.2 Å². The Morgan fingerprint density at radius 1 is 0.844 bits per heavy atom. The van der Waals surface area contributed by atoms with Crippen molar-refractivity contribution in [3.63, 3.8) is 0 Å². The van der Waals surface area contributed by atoms with Crippen LogP contribution in [0.4, 0.5) is 0 Å². The van der Waals surface area contributed by atoms with Crippen molar-refractivity contribution in [3.8, 4) is 0 Å². The van der Waals surface area contributed by atoms with Crippen molar-refractivity contribution in [2.45, 2.75) is 110 Å². The molecule has 0 aromatic heterocycles. The van der Waals surface area contributed by atoms with Crippen molar-refractivity contribution in [2.24, 2.45) is 0 Å². The van der Waals surface area contributed by atoms with Crippen molar-refractivity contribution >= 4 is 57.1 Å². The van der Waals surface area contributed by atoms with E-state index >= 15 is 0 Å². The second-order valence-electron chi connectivity index (χ2n) is 11.9. The van der Waals surface area contributed by atoms with Crippen LogP contribution in [0.25, 0.3) is 0 Å². The predicted molar refractivity (Wildman–Crippen MR) is 151 cm³/mol. The van der Waals surface area contributed by atoms with Gasteiger partial charge in [0.25, 0.3) is 0 Å². The molecular weight excluding hydrogens is 505 g/mol. The quantitative estimate of drug-likeness (QED) is 0.198. The minimum absolute atomic E-state index is 0.316. The summed E-state index contributed by atoms with van der Waals surface area (Å²) in [5, 5.41) is 10.0. The lowest BCUT2D eigenvalue weighted by molar-refractivity contribution is -0.133. The molecule has 0 amide bonds. The molecule has 0 heterocycles. The Hall–Kier alpha value is 0.351. The summed E-state index contributed by atoms with van der Waals surface area (Å²) in [5.41, 5.74) is 0.316. The molecule has 12 heteroatoms. The first-order valence-corrected chi connectivity index (χ1v) is 29.3. The Labute approximate surface area is 204 Å². The van der Waals surface area contributed by atoms with E-state index in [-0.39, 0.29) is 0 Å². The molecule has 0 spiro atoms. The van der Waals surface area contributed by atoms with E-state index in [2.05, 4.69) is 98.6 Å². The summed E-state index contributed by atoms with van der Waals surface area (Å²) >= 11 is 0. The van der Waals surface area contributed by atoms with E-state index in [0.29, 0.717) is 5.57 Å². The lowest BCUT2D eigenvalue weighted by Gasteiger charge is -2.55. The predicted octanol–water partition coefficient (Wildman–Crippen LogP) is 6.41. The van der Waals surface area contributed by atoms with Gasteiger partial charge < -0.3 is 21.6 Å². The standard InChI is InChI=1S/C20H50O6Si6/c1-16-17-20(28(5,6)7,18(2)19(21)22)29(8,9)24-31(12,13)26-32(14,15)25-30(10,11)23-27(3)4/h27H,2,16-17H2,1,3-15H3,(H,21,22). The molecule has 0 aliphatic rings. The zero-order chi connectivity index (χ0) is 26.0. The number of carboxylic acid groups (broad SMARTS) is 1. The van der Waals surface area contributed by atoms with Gasteiger partial charge in [0.05, 0.1) is 8.07 Å². The van der Waals surface area contributed by atoms with Crippen molar-refractivity contribution < 1.29 is 26.4 Å². The zero-order valence-electron chi connectivity index (χ0n) is 23.2. The molecule has 1 atom stereocenters. The number of carbonyl (C=O) groups is 1. The summed E-state index contributed by atoms with van der Waals surface area (Å²) in [6.07, 6.45) is 1.67. The fourth-order valence-electron chi connectivity index (χ4n) is 5.62. The van der Waals surface area contributed by atoms with Gasteiger partial charge in [-0.1, -0.05) is 39.6 Å². The smallest absolute Gasteiger partial charge is 0.331 e. The number of carboxylic acids is 1. The van der Waals surface area contributed by atoms with E-state index in [1.807, 2.05) is 0 Å². The molecule has 0 aliphatic heterocycles. The highest BCUT2D eigenvalue weighted by atomic mass is 28.5. The molecule has 1 unspecified atom stereocenters. The van der Waals surface area contributed by atoms with Crippen LogP contribution in [0.5, 0.6) is 0 Å². The molecule has 0 bridgehead atoms. The van der Waals surface area contributed by atoms with Crippen LogP contribution >= 0.6 is 0 Å². The maximum atomic E-state index is 12.2. The highest BCUT2D eigenvalue weighted by Gasteiger charge is 2.61. The summed E-state index contributed by atoms with van der Waals surface area (Å²) < 4.78 is 25.9. The molecule has 0 rings (SSSR count). The first kappa shape index (κ1) is 32.4. The Balaban J connectivity index is 6.10. The lowest BCUT2D eigenvalue weighted by Crippen LogP contribution is -2.64. The van der Waals surface area contributed by atoms with Crippen LogP contribution in [0.1, 0.15) is 19.8 Å². The highest BCUT2D eigenvalue weighted by Crippen LogP contribution is 2.56. The van der Waals surface area contributed by atoms with E-state index in [4.69, 9.17) is 16.5 Å². The fraction of sp³-hybridized carbons (Fsp3) is 0.850. The van der Waals surface area contributed by atoms with Gasteiger partial charge in [-0.2, -0.15) is 0 Å². The molecule has 190 valence electrons. The van der Waals surface area contributed by atoms with Gasteiger partial charge >= 0.3 is 31.7 Å². The van der Waals surface area contributed by atoms with Gasteiger partial charge in [0.1, 0.15) is 0 Å². The van der Waals surface area contributed by atoms with Crippen LogP contribution in [0, 0.1) is 0 Å². The SMILES string of the molecule is C=C(C(=O)O)C(CCC)([Si](C)(C)C)[Si](C)(C)O[Si](C)(C)O[Si](C)(C)O[Si](C)(C)O[SiH](C)C. The molecule has 32 heavy (non-hydrogen) atoms. The van der Waals surface area contributed by atoms with Crippen LogP contribution in [-0.2, 0) is 21.3 Å². The number of hydrogen-bond donors (Lipinski definition) is 1. The average Bonchev–Trinajstić information content (AvgIpc) is 2.44. The molecule has 0 aliphatic carbocycles. The summed E-state index contributed by atoms with van der Waals surface area (Å²) in [4.78, 5) is 12.2. The largest absolute Gasteiger partial charge is 0.478 e. The van der Waals surface area contributed by atoms with Gasteiger partial charge in [0, 0.05) is 10.2 Å². The van der Waals surface area contributed by atoms with Crippen LogP contribution in [0.15, 0.2) is 12.2 Å². The molecule has 0 radical (unpaired) electrons. The van der Waals surface area contributed by atoms with Crippen molar-refractivity contribution in [1.29, 1.82) is 0 Å². The molecule has 0 fully saturated rings. The summed E-state index contributed by atoms with van der Waals surface area (Å²) in [5.74, 6) is -0.911. The second-order valence-corrected chi connectivity index (χ2v) is 35.5. The highest BCUT2D eigenvalue weighted by molar-refractivity contribution is 7.01. The zero-order valence-corrected chi connectivity index (χ0v) is 29.3. The molecule has 0 aromatic carbocycles. The van der Waals surface area contributed by atoms with Gasteiger partial charge in [-0.15, -0.1) is 0 Å². The van der Waals surface area contributed by atoms with Crippen LogP contribution in [0.2, 0.25) is 89.8 Å². The van der Waals surface area contributed by atoms with Gasteiger partial charge in [-0.3, -0.25) is 0 Å². The lowest BCUT2D eigenvalue weighted by atomic mass is 10.1. The van der Waals surface area contributed by atoms with Crippen molar-refractivity contribution in [3.05, 3.63) is 12.2 Å². The molecule has 0 aromatic rings. The summed E-state index contributed by atoms with van der Waals surface area (Å²) in [7, 11) is -13.3. The van der Waals surface area contributed by atoms with E-state index < -0.39 is 61.7 Å². The summed E-state index contributed by atoms with van der Waals surface area (Å²) in [6, 6.07) is 0. The third-order valence-corrected chi connectivity index (χ3v) is 31.5. The van der Waals surface area contributed by atoms with Crippen LogP contribution in [-0.4, -0.2) is 62.2 Å². The van der Waals surface area contributed by atoms with Crippen molar-refractivity contribution in [2.75, 3.05) is 0 Å². The number of rotatable bonds is 14. The van der Waals surface area contributed by atoms with Crippen LogP contribution in [0.3, 0.4) is 0 Å². The molecule has 0 saturated carbocycles. The Morgan fingerprint density at radius 2 is 1.25 bits per heavy atom. The fourth-order valence-corrected chi connectivity index (χ4v) is 38.3. The monoisotopic (exact) mass is 554 g/mol. The minimum Gasteiger partial charge on any atom is -0.478 e. The third-order valence-electron chi connectivity index (χ3n) is 5.71. The molecule has 1 N–H and O–H groups in total. The van der Waals surface area contributed by atoms with Crippen molar-refractivity contribution in [1.82, 2.24) is 0 Å². The number of aliphatic carboxylic acids is 1. The van der Waals surface area contributed by atoms with Gasteiger partial charge in [-0.25, -0.2) is 4.79 Å². The molecule has 6 nitrogen and oxygen atoms in total. The summed E-state index contributed by atoms with van der Waals surface area (Å²) in [6.45, 7) is 34.0.